The summed E-state index contributed by atoms with van der Waals surface area (Å²) in [5, 5.41) is 4.18. The Hall–Kier alpha value is -2.91. The van der Waals surface area contributed by atoms with E-state index < -0.39 is 36.2 Å². The predicted octanol–water partition coefficient (Wildman–Crippen LogP) is 3.09. The minimum Gasteiger partial charge on any atom is -0.455 e. The second-order valence-electron chi connectivity index (χ2n) is 6.97. The van der Waals surface area contributed by atoms with Crippen LogP contribution in [-0.4, -0.2) is 41.9 Å². The number of nitrogens with one attached hydrogen (secondary N) is 2. The zero-order valence-corrected chi connectivity index (χ0v) is 18.8. The van der Waals surface area contributed by atoms with Gasteiger partial charge in [-0.1, -0.05) is 33.6 Å². The van der Waals surface area contributed by atoms with Gasteiger partial charge in [-0.05, 0) is 48.9 Å². The van der Waals surface area contributed by atoms with Crippen LogP contribution in [0.25, 0.3) is 0 Å². The average Bonchev–Trinajstić information content (AvgIpc) is 3.09. The molecule has 0 aromatic heterocycles. The van der Waals surface area contributed by atoms with E-state index >= 15 is 0 Å². The molecule has 2 N–H and O–H groups in total. The van der Waals surface area contributed by atoms with E-state index in [0.29, 0.717) is 16.3 Å². The number of amides is 3. The summed E-state index contributed by atoms with van der Waals surface area (Å²) in [6.45, 7) is 1.27. The lowest BCUT2D eigenvalue weighted by molar-refractivity contribution is -0.151. The number of benzene rings is 2. The largest absolute Gasteiger partial charge is 0.455 e. The SMILES string of the molecule is Cc1ccc(Cl)cc1NC(=O)COC(=O)[C@@H]1CC(=O)N(NC(=O)c2ccc(Br)cc2)C1. The van der Waals surface area contributed by atoms with E-state index in [4.69, 9.17) is 16.3 Å². The monoisotopic (exact) mass is 507 g/mol. The first-order valence-electron chi connectivity index (χ1n) is 9.32. The van der Waals surface area contributed by atoms with Crippen LogP contribution in [-0.2, 0) is 19.1 Å². The van der Waals surface area contributed by atoms with E-state index in [1.54, 1.807) is 49.4 Å². The van der Waals surface area contributed by atoms with Crippen molar-refractivity contribution in [2.75, 3.05) is 18.5 Å². The van der Waals surface area contributed by atoms with Gasteiger partial charge in [-0.25, -0.2) is 0 Å². The van der Waals surface area contributed by atoms with Crippen molar-refractivity contribution < 1.29 is 23.9 Å². The number of hydrazine groups is 1. The number of halogens is 2. The van der Waals surface area contributed by atoms with Gasteiger partial charge in [-0.3, -0.25) is 29.6 Å². The molecule has 1 saturated heterocycles. The molecular weight excluding hydrogens is 490 g/mol. The number of hydrogen-bond donors (Lipinski definition) is 2. The molecule has 1 aliphatic rings. The Morgan fingerprint density at radius 3 is 2.61 bits per heavy atom. The van der Waals surface area contributed by atoms with Gasteiger partial charge in [0.15, 0.2) is 6.61 Å². The molecule has 31 heavy (non-hydrogen) atoms. The summed E-state index contributed by atoms with van der Waals surface area (Å²) in [7, 11) is 0. The molecule has 162 valence electrons. The van der Waals surface area contributed by atoms with E-state index in [2.05, 4.69) is 26.7 Å². The molecule has 0 spiro atoms. The maximum absolute atomic E-state index is 12.3. The Morgan fingerprint density at radius 2 is 1.90 bits per heavy atom. The first-order chi connectivity index (χ1) is 14.7. The van der Waals surface area contributed by atoms with Gasteiger partial charge in [0.25, 0.3) is 11.8 Å². The number of hydrogen-bond acceptors (Lipinski definition) is 5. The lowest BCUT2D eigenvalue weighted by Crippen LogP contribution is -2.43. The summed E-state index contributed by atoms with van der Waals surface area (Å²) in [6, 6.07) is 11.7. The molecule has 8 nitrogen and oxygen atoms in total. The van der Waals surface area contributed by atoms with Gasteiger partial charge >= 0.3 is 5.97 Å². The normalized spacial score (nSPS) is 15.5. The van der Waals surface area contributed by atoms with E-state index in [1.165, 1.54) is 0 Å². The highest BCUT2D eigenvalue weighted by atomic mass is 79.9. The smallest absolute Gasteiger partial charge is 0.311 e. The van der Waals surface area contributed by atoms with Crippen molar-refractivity contribution >= 4 is 56.9 Å². The van der Waals surface area contributed by atoms with Gasteiger partial charge in [0.2, 0.25) is 5.91 Å². The van der Waals surface area contributed by atoms with Crippen LogP contribution in [0, 0.1) is 12.8 Å². The number of aryl methyl sites for hydroxylation is 1. The number of esters is 1. The maximum Gasteiger partial charge on any atom is 0.311 e. The molecule has 0 bridgehead atoms. The van der Waals surface area contributed by atoms with Crippen molar-refractivity contribution in [1.29, 1.82) is 0 Å². The molecule has 3 amide bonds. The van der Waals surface area contributed by atoms with Gasteiger partial charge in [-0.2, -0.15) is 0 Å². The highest BCUT2D eigenvalue weighted by Crippen LogP contribution is 2.21. The maximum atomic E-state index is 12.3. The standard InChI is InChI=1S/C21H19BrClN3O5/c1-12-2-7-16(23)9-17(12)24-18(27)11-31-21(30)14-8-19(28)26(10-14)25-20(29)13-3-5-15(22)6-4-13/h2-7,9,14H,8,10-11H2,1H3,(H,24,27)(H,25,29)/t14-/m1/s1. The quantitative estimate of drug-likeness (QED) is 0.584. The number of carbonyl (C=O) groups excluding carboxylic acids is 4. The zero-order valence-electron chi connectivity index (χ0n) is 16.5. The molecule has 1 fully saturated rings. The van der Waals surface area contributed by atoms with Crippen LogP contribution in [0.4, 0.5) is 5.69 Å². The fraction of sp³-hybridized carbons (Fsp3) is 0.238. The van der Waals surface area contributed by atoms with E-state index in [0.717, 1.165) is 15.0 Å². The fourth-order valence-corrected chi connectivity index (χ4v) is 3.37. The lowest BCUT2D eigenvalue weighted by atomic mass is 10.1. The molecule has 1 heterocycles. The van der Waals surface area contributed by atoms with Crippen molar-refractivity contribution in [2.45, 2.75) is 13.3 Å². The summed E-state index contributed by atoms with van der Waals surface area (Å²) < 4.78 is 5.87. The first-order valence-corrected chi connectivity index (χ1v) is 10.5. The molecule has 3 rings (SSSR count). The summed E-state index contributed by atoms with van der Waals surface area (Å²) in [6.07, 6.45) is -0.117. The minimum atomic E-state index is -0.779. The number of ether oxygens (including phenoxy) is 1. The Bertz CT molecular complexity index is 1030. The van der Waals surface area contributed by atoms with Crippen LogP contribution in [0.5, 0.6) is 0 Å². The molecule has 1 atom stereocenters. The Labute approximate surface area is 192 Å². The summed E-state index contributed by atoms with van der Waals surface area (Å²) in [5.74, 6) is -2.87. The van der Waals surface area contributed by atoms with Crippen LogP contribution in [0.15, 0.2) is 46.9 Å². The highest BCUT2D eigenvalue weighted by molar-refractivity contribution is 9.10. The Morgan fingerprint density at radius 1 is 1.19 bits per heavy atom. The fourth-order valence-electron chi connectivity index (χ4n) is 2.93. The number of rotatable bonds is 6. The van der Waals surface area contributed by atoms with E-state index in [9.17, 15) is 19.2 Å². The summed E-state index contributed by atoms with van der Waals surface area (Å²) in [4.78, 5) is 48.8. The number of carbonyl (C=O) groups is 4. The third-order valence-electron chi connectivity index (χ3n) is 4.62. The molecule has 2 aromatic rings. The first kappa shape index (κ1) is 22.8. The van der Waals surface area contributed by atoms with Crippen molar-refractivity contribution in [1.82, 2.24) is 10.4 Å². The van der Waals surface area contributed by atoms with Crippen LogP contribution < -0.4 is 10.7 Å². The summed E-state index contributed by atoms with van der Waals surface area (Å²) in [5.41, 5.74) is 4.19. The zero-order chi connectivity index (χ0) is 22.5. The van der Waals surface area contributed by atoms with Crippen molar-refractivity contribution in [3.8, 4) is 0 Å². The number of anilines is 1. The van der Waals surface area contributed by atoms with Gasteiger partial charge in [0.1, 0.15) is 0 Å². The lowest BCUT2D eigenvalue weighted by Gasteiger charge is -2.17. The predicted molar refractivity (Wildman–Crippen MR) is 117 cm³/mol. The van der Waals surface area contributed by atoms with Crippen LogP contribution in [0.2, 0.25) is 5.02 Å². The van der Waals surface area contributed by atoms with Crippen molar-refractivity contribution in [3.05, 3.63) is 63.1 Å². The molecule has 0 unspecified atom stereocenters. The second-order valence-corrected chi connectivity index (χ2v) is 8.32. The van der Waals surface area contributed by atoms with Crippen LogP contribution in [0.3, 0.4) is 0 Å². The topological polar surface area (TPSA) is 105 Å². The molecule has 10 heteroatoms. The van der Waals surface area contributed by atoms with Gasteiger partial charge in [-0.15, -0.1) is 0 Å². The molecule has 1 aliphatic heterocycles. The molecule has 0 radical (unpaired) electrons. The van der Waals surface area contributed by atoms with Crippen molar-refractivity contribution in [2.24, 2.45) is 5.92 Å². The van der Waals surface area contributed by atoms with Gasteiger partial charge < -0.3 is 10.1 Å². The van der Waals surface area contributed by atoms with Crippen LogP contribution >= 0.6 is 27.5 Å². The third kappa shape index (κ3) is 6.05. The van der Waals surface area contributed by atoms with Crippen LogP contribution in [0.1, 0.15) is 22.3 Å². The number of nitrogens with zero attached hydrogens (tertiary/aromatic N) is 1. The average molecular weight is 509 g/mol. The van der Waals surface area contributed by atoms with E-state index in [1.807, 2.05) is 0 Å². The van der Waals surface area contributed by atoms with Gasteiger partial charge in [0, 0.05) is 27.2 Å². The molecule has 2 aromatic carbocycles. The molecule has 0 aliphatic carbocycles. The third-order valence-corrected chi connectivity index (χ3v) is 5.38. The molecular formula is C21H19BrClN3O5. The second kappa shape index (κ2) is 9.93. The Balaban J connectivity index is 1.49. The molecule has 0 saturated carbocycles. The van der Waals surface area contributed by atoms with Crippen molar-refractivity contribution in [3.63, 3.8) is 0 Å². The Kier molecular flexibility index (Phi) is 7.29. The van der Waals surface area contributed by atoms with Gasteiger partial charge in [0.05, 0.1) is 12.5 Å². The summed E-state index contributed by atoms with van der Waals surface area (Å²) >= 11 is 9.20. The van der Waals surface area contributed by atoms with E-state index in [-0.39, 0.29) is 13.0 Å². The minimum absolute atomic E-state index is 0.0328. The highest BCUT2D eigenvalue weighted by Gasteiger charge is 2.36.